The third kappa shape index (κ3) is 5.11. The molecule has 2 N–H and O–H groups in total. The first kappa shape index (κ1) is 16.5. The summed E-state index contributed by atoms with van der Waals surface area (Å²) in [6.07, 6.45) is 0.957. The first-order valence-electron chi connectivity index (χ1n) is 7.20. The molecule has 0 radical (unpaired) electrons. The lowest BCUT2D eigenvalue weighted by atomic mass is 10.00. The molecule has 1 atom stereocenters. The van der Waals surface area contributed by atoms with Gasteiger partial charge in [0, 0.05) is 24.0 Å². The van der Waals surface area contributed by atoms with Crippen molar-refractivity contribution in [2.45, 2.75) is 32.9 Å². The predicted molar refractivity (Wildman–Crippen MR) is 93.1 cm³/mol. The summed E-state index contributed by atoms with van der Waals surface area (Å²) in [5.41, 5.74) is 10.1. The molecule has 0 bridgehead atoms. The van der Waals surface area contributed by atoms with Crippen LogP contribution >= 0.6 is 22.9 Å². The number of hydrogen-bond donors (Lipinski definition) is 1. The van der Waals surface area contributed by atoms with Crippen molar-refractivity contribution in [3.8, 4) is 0 Å². The van der Waals surface area contributed by atoms with Crippen LogP contribution in [0.15, 0.2) is 30.3 Å². The normalized spacial score (nSPS) is 12.9. The first-order chi connectivity index (χ1) is 9.94. The van der Waals surface area contributed by atoms with Crippen LogP contribution < -0.4 is 5.73 Å². The second-order valence-electron chi connectivity index (χ2n) is 5.76. The molecule has 0 saturated heterocycles. The van der Waals surface area contributed by atoms with Gasteiger partial charge in [0.25, 0.3) is 0 Å². The highest BCUT2D eigenvalue weighted by molar-refractivity contribution is 7.16. The summed E-state index contributed by atoms with van der Waals surface area (Å²) in [6.45, 7) is 6.15. The summed E-state index contributed by atoms with van der Waals surface area (Å²) < 4.78 is 0.852. The molecule has 0 spiro atoms. The molecule has 2 rings (SSSR count). The molecule has 0 saturated carbocycles. The lowest BCUT2D eigenvalue weighted by Gasteiger charge is -2.19. The van der Waals surface area contributed by atoms with Crippen LogP contribution in [0.1, 0.15) is 34.0 Å². The number of benzene rings is 1. The van der Waals surface area contributed by atoms with Crippen molar-refractivity contribution in [2.75, 3.05) is 13.6 Å². The summed E-state index contributed by atoms with van der Waals surface area (Å²) in [6, 6.07) is 10.7. The summed E-state index contributed by atoms with van der Waals surface area (Å²) in [4.78, 5) is 3.59. The number of aryl methyl sites for hydroxylation is 2. The Balaban J connectivity index is 1.86. The van der Waals surface area contributed by atoms with Gasteiger partial charge in [0.05, 0.1) is 4.34 Å². The smallest absolute Gasteiger partial charge is 0.0931 e. The van der Waals surface area contributed by atoms with E-state index in [1.165, 1.54) is 21.6 Å². The van der Waals surface area contributed by atoms with Crippen molar-refractivity contribution in [2.24, 2.45) is 5.73 Å². The molecule has 2 aromatic rings. The second kappa shape index (κ2) is 7.41. The van der Waals surface area contributed by atoms with E-state index in [9.17, 15) is 0 Å². The largest absolute Gasteiger partial charge is 0.324 e. The van der Waals surface area contributed by atoms with E-state index < -0.39 is 0 Å². The zero-order valence-electron chi connectivity index (χ0n) is 12.9. The molecular weight excluding hydrogens is 300 g/mol. The summed E-state index contributed by atoms with van der Waals surface area (Å²) in [5, 5.41) is 0. The van der Waals surface area contributed by atoms with E-state index in [1.807, 2.05) is 6.07 Å². The minimum Gasteiger partial charge on any atom is -0.324 e. The van der Waals surface area contributed by atoms with Crippen LogP contribution in [-0.4, -0.2) is 18.5 Å². The molecule has 0 aliphatic rings. The molecule has 4 heteroatoms. The molecule has 2 nitrogen and oxygen atoms in total. The van der Waals surface area contributed by atoms with Gasteiger partial charge in [-0.2, -0.15) is 0 Å². The molecule has 21 heavy (non-hydrogen) atoms. The average molecular weight is 323 g/mol. The van der Waals surface area contributed by atoms with Crippen LogP contribution in [0.3, 0.4) is 0 Å². The highest BCUT2D eigenvalue weighted by atomic mass is 35.5. The monoisotopic (exact) mass is 322 g/mol. The predicted octanol–water partition coefficient (Wildman–Crippen LogP) is 4.54. The molecule has 0 fully saturated rings. The van der Waals surface area contributed by atoms with Gasteiger partial charge in [-0.15, -0.1) is 11.3 Å². The molecule has 114 valence electrons. The lowest BCUT2D eigenvalue weighted by Crippen LogP contribution is -2.23. The molecule has 0 amide bonds. The van der Waals surface area contributed by atoms with E-state index in [0.29, 0.717) is 0 Å². The Morgan fingerprint density at radius 2 is 1.86 bits per heavy atom. The molecule has 1 heterocycles. The van der Waals surface area contributed by atoms with E-state index in [0.717, 1.165) is 23.8 Å². The van der Waals surface area contributed by atoms with Gasteiger partial charge in [-0.1, -0.05) is 40.9 Å². The Bertz CT molecular complexity index is 574. The highest BCUT2D eigenvalue weighted by Gasteiger charge is 2.09. The number of halogens is 1. The fourth-order valence-corrected chi connectivity index (χ4v) is 3.70. The van der Waals surface area contributed by atoms with Gasteiger partial charge in [0.2, 0.25) is 0 Å². The molecular formula is C17H23ClN2S. The van der Waals surface area contributed by atoms with Crippen LogP contribution in [0.2, 0.25) is 4.34 Å². The number of hydrogen-bond acceptors (Lipinski definition) is 3. The molecule has 0 aliphatic carbocycles. The van der Waals surface area contributed by atoms with Crippen molar-refractivity contribution < 1.29 is 0 Å². The van der Waals surface area contributed by atoms with Gasteiger partial charge in [-0.25, -0.2) is 0 Å². The van der Waals surface area contributed by atoms with Crippen molar-refractivity contribution in [1.82, 2.24) is 4.90 Å². The third-order valence-electron chi connectivity index (χ3n) is 3.55. The van der Waals surface area contributed by atoms with Crippen molar-refractivity contribution in [3.63, 3.8) is 0 Å². The van der Waals surface area contributed by atoms with Crippen molar-refractivity contribution in [1.29, 1.82) is 0 Å². The number of nitrogens with zero attached hydrogens (tertiary/aromatic N) is 1. The van der Waals surface area contributed by atoms with E-state index >= 15 is 0 Å². The van der Waals surface area contributed by atoms with Gasteiger partial charge in [0.15, 0.2) is 0 Å². The zero-order valence-corrected chi connectivity index (χ0v) is 14.5. The fourth-order valence-electron chi connectivity index (χ4n) is 2.53. The molecule has 1 aromatic carbocycles. The second-order valence-corrected chi connectivity index (χ2v) is 7.56. The van der Waals surface area contributed by atoms with Gasteiger partial charge in [-0.05, 0) is 45.0 Å². The number of nitrogens with two attached hydrogens (primary N) is 1. The zero-order chi connectivity index (χ0) is 15.4. The van der Waals surface area contributed by atoms with E-state index in [2.05, 4.69) is 50.1 Å². The summed E-state index contributed by atoms with van der Waals surface area (Å²) in [7, 11) is 2.13. The van der Waals surface area contributed by atoms with Crippen LogP contribution in [-0.2, 0) is 6.54 Å². The van der Waals surface area contributed by atoms with Gasteiger partial charge in [-0.3, -0.25) is 0 Å². The van der Waals surface area contributed by atoms with Crippen LogP contribution in [0.25, 0.3) is 0 Å². The minimum absolute atomic E-state index is 0.0953. The molecule has 1 unspecified atom stereocenters. The van der Waals surface area contributed by atoms with E-state index in [1.54, 1.807) is 11.3 Å². The summed E-state index contributed by atoms with van der Waals surface area (Å²) >= 11 is 7.60. The quantitative estimate of drug-likeness (QED) is 0.846. The standard InChI is InChI=1S/C17H23ClN2S/c1-12-8-13(2)10-14(9-12)16(19)6-7-20(3)11-15-4-5-17(18)21-15/h4-5,8-10,16H,6-7,11,19H2,1-3H3. The number of rotatable bonds is 6. The van der Waals surface area contributed by atoms with Crippen LogP contribution in [0, 0.1) is 13.8 Å². The maximum atomic E-state index is 6.33. The third-order valence-corrected chi connectivity index (χ3v) is 4.76. The Labute approximate surface area is 136 Å². The first-order valence-corrected chi connectivity index (χ1v) is 8.40. The average Bonchev–Trinajstić information content (AvgIpc) is 2.80. The highest BCUT2D eigenvalue weighted by Crippen LogP contribution is 2.23. The van der Waals surface area contributed by atoms with E-state index in [-0.39, 0.29) is 6.04 Å². The Hall–Kier alpha value is -0.870. The topological polar surface area (TPSA) is 29.3 Å². The maximum absolute atomic E-state index is 6.33. The molecule has 1 aromatic heterocycles. The Kier molecular flexibility index (Phi) is 5.82. The van der Waals surface area contributed by atoms with Gasteiger partial charge in [0.1, 0.15) is 0 Å². The summed E-state index contributed by atoms with van der Waals surface area (Å²) in [5.74, 6) is 0. The maximum Gasteiger partial charge on any atom is 0.0931 e. The Morgan fingerprint density at radius 3 is 2.43 bits per heavy atom. The minimum atomic E-state index is 0.0953. The Morgan fingerprint density at radius 1 is 1.19 bits per heavy atom. The van der Waals surface area contributed by atoms with Gasteiger partial charge < -0.3 is 10.6 Å². The molecule has 0 aliphatic heterocycles. The fraction of sp³-hybridized carbons (Fsp3) is 0.412. The van der Waals surface area contributed by atoms with Crippen molar-refractivity contribution >= 4 is 22.9 Å². The lowest BCUT2D eigenvalue weighted by molar-refractivity contribution is 0.314. The van der Waals surface area contributed by atoms with E-state index in [4.69, 9.17) is 17.3 Å². The van der Waals surface area contributed by atoms with Crippen molar-refractivity contribution in [3.05, 3.63) is 56.2 Å². The van der Waals surface area contributed by atoms with Crippen LogP contribution in [0.5, 0.6) is 0 Å². The SMILES string of the molecule is Cc1cc(C)cc(C(N)CCN(C)Cc2ccc(Cl)s2)c1. The number of thiophene rings is 1. The van der Waals surface area contributed by atoms with Crippen LogP contribution in [0.4, 0.5) is 0 Å². The van der Waals surface area contributed by atoms with Gasteiger partial charge >= 0.3 is 0 Å².